The van der Waals surface area contributed by atoms with Crippen molar-refractivity contribution in [2.24, 2.45) is 0 Å². The first-order chi connectivity index (χ1) is 15.3. The maximum Gasteiger partial charge on any atom is 0.325 e. The zero-order valence-corrected chi connectivity index (χ0v) is 19.7. The predicted octanol–water partition coefficient (Wildman–Crippen LogP) is 4.71. The molecule has 32 heavy (non-hydrogen) atoms. The number of rotatable bonds is 7. The maximum absolute atomic E-state index is 12.4. The Morgan fingerprint density at radius 2 is 1.72 bits per heavy atom. The number of halogens is 1. The van der Waals surface area contributed by atoms with Crippen LogP contribution in [0.4, 0.5) is 4.79 Å². The van der Waals surface area contributed by atoms with Gasteiger partial charge in [0.2, 0.25) is 0 Å². The van der Waals surface area contributed by atoms with Crippen LogP contribution in [0.15, 0.2) is 53.7 Å². The van der Waals surface area contributed by atoms with E-state index in [1.807, 2.05) is 60.0 Å². The number of carbonyl (C=O) groups is 2. The Bertz CT molecular complexity index is 1140. The molecule has 0 radical (unpaired) electrons. The van der Waals surface area contributed by atoms with Gasteiger partial charge < -0.3 is 5.32 Å². The molecule has 7 nitrogen and oxygen atoms in total. The molecule has 2 heterocycles. The number of aromatic nitrogens is 3. The van der Waals surface area contributed by atoms with Crippen molar-refractivity contribution in [3.05, 3.63) is 59.1 Å². The number of nitrogens with zero attached hydrogens (tertiary/aromatic N) is 4. The molecular weight excluding hydrogens is 446 g/mol. The Morgan fingerprint density at radius 3 is 2.34 bits per heavy atom. The highest BCUT2D eigenvalue weighted by molar-refractivity contribution is 7.99. The average molecular weight is 470 g/mol. The molecule has 1 aliphatic heterocycles. The molecule has 0 bridgehead atoms. The Hall–Kier alpha value is -2.84. The summed E-state index contributed by atoms with van der Waals surface area (Å²) in [6.07, 6.45) is 0.646. The minimum atomic E-state index is -0.845. The molecule has 2 aromatic carbocycles. The number of hydrogen-bond donors (Lipinski definition) is 1. The topological polar surface area (TPSA) is 80.1 Å². The van der Waals surface area contributed by atoms with Gasteiger partial charge in [-0.05, 0) is 51.5 Å². The van der Waals surface area contributed by atoms with Crippen LogP contribution >= 0.6 is 23.4 Å². The smallest absolute Gasteiger partial charge is 0.324 e. The Kier molecular flexibility index (Phi) is 6.26. The summed E-state index contributed by atoms with van der Waals surface area (Å²) in [5.74, 6) is 1.22. The highest BCUT2D eigenvalue weighted by atomic mass is 35.5. The lowest BCUT2D eigenvalue weighted by Gasteiger charge is -2.15. The van der Waals surface area contributed by atoms with E-state index in [9.17, 15) is 9.59 Å². The number of urea groups is 1. The molecule has 166 valence electrons. The van der Waals surface area contributed by atoms with E-state index in [1.165, 1.54) is 22.2 Å². The second kappa shape index (κ2) is 8.96. The number of aryl methyl sites for hydroxylation is 1. The lowest BCUT2D eigenvalue weighted by atomic mass is 10.1. The van der Waals surface area contributed by atoms with Gasteiger partial charge in [-0.1, -0.05) is 53.2 Å². The molecule has 3 amide bonds. The van der Waals surface area contributed by atoms with Gasteiger partial charge in [-0.3, -0.25) is 14.3 Å². The monoisotopic (exact) mass is 469 g/mol. The summed E-state index contributed by atoms with van der Waals surface area (Å²) < 4.78 is 2.00. The quantitative estimate of drug-likeness (QED) is 0.308. The van der Waals surface area contributed by atoms with Crippen LogP contribution in [0.1, 0.15) is 25.8 Å². The Balaban J connectivity index is 1.52. The third-order valence-electron chi connectivity index (χ3n) is 5.23. The molecule has 0 atom stereocenters. The summed E-state index contributed by atoms with van der Waals surface area (Å²) in [5.41, 5.74) is 2.20. The van der Waals surface area contributed by atoms with Crippen molar-refractivity contribution in [1.82, 2.24) is 25.0 Å². The minimum Gasteiger partial charge on any atom is -0.324 e. The van der Waals surface area contributed by atoms with Crippen molar-refractivity contribution in [3.63, 3.8) is 0 Å². The molecule has 1 aliphatic rings. The average Bonchev–Trinajstić information content (AvgIpc) is 3.25. The first-order valence-corrected chi connectivity index (χ1v) is 11.7. The molecular formula is C23H24ClN5O2S. The lowest BCUT2D eigenvalue weighted by molar-refractivity contribution is -0.130. The SMILES string of the molecule is Cc1ccc(-c2nnc(SCCCN3C(=O)NC(C)(C)C3=O)n2-c2ccc(Cl)cc2)cc1. The van der Waals surface area contributed by atoms with Gasteiger partial charge in [-0.15, -0.1) is 10.2 Å². The molecule has 1 fully saturated rings. The fourth-order valence-corrected chi connectivity index (χ4v) is 4.48. The summed E-state index contributed by atoms with van der Waals surface area (Å²) in [5, 5.41) is 13.0. The second-order valence-electron chi connectivity index (χ2n) is 8.20. The summed E-state index contributed by atoms with van der Waals surface area (Å²) in [6.45, 7) is 5.83. The summed E-state index contributed by atoms with van der Waals surface area (Å²) in [4.78, 5) is 25.7. The zero-order chi connectivity index (χ0) is 22.9. The number of thioether (sulfide) groups is 1. The van der Waals surface area contributed by atoms with E-state index >= 15 is 0 Å². The van der Waals surface area contributed by atoms with Gasteiger partial charge in [0.25, 0.3) is 5.91 Å². The number of amides is 3. The van der Waals surface area contributed by atoms with E-state index in [0.29, 0.717) is 23.7 Å². The van der Waals surface area contributed by atoms with Gasteiger partial charge in [0.15, 0.2) is 11.0 Å². The molecule has 3 aromatic rings. The van der Waals surface area contributed by atoms with Gasteiger partial charge in [-0.25, -0.2) is 4.79 Å². The van der Waals surface area contributed by atoms with E-state index in [4.69, 9.17) is 11.6 Å². The number of imide groups is 1. The van der Waals surface area contributed by atoms with Crippen LogP contribution < -0.4 is 5.32 Å². The van der Waals surface area contributed by atoms with Crippen LogP contribution in [0, 0.1) is 6.92 Å². The molecule has 9 heteroatoms. The summed E-state index contributed by atoms with van der Waals surface area (Å²) in [6, 6.07) is 15.3. The first-order valence-electron chi connectivity index (χ1n) is 10.3. The zero-order valence-electron chi connectivity index (χ0n) is 18.1. The Labute approximate surface area is 196 Å². The van der Waals surface area contributed by atoms with Crippen LogP contribution in [0.5, 0.6) is 0 Å². The third kappa shape index (κ3) is 4.52. The summed E-state index contributed by atoms with van der Waals surface area (Å²) >= 11 is 7.62. The number of nitrogens with one attached hydrogen (secondary N) is 1. The van der Waals surface area contributed by atoms with Gasteiger partial charge in [-0.2, -0.15) is 0 Å². The van der Waals surface area contributed by atoms with Crippen molar-refractivity contribution < 1.29 is 9.59 Å². The molecule has 0 spiro atoms. The van der Waals surface area contributed by atoms with Gasteiger partial charge in [0, 0.05) is 28.6 Å². The third-order valence-corrected chi connectivity index (χ3v) is 6.50. The minimum absolute atomic E-state index is 0.196. The lowest BCUT2D eigenvalue weighted by Crippen LogP contribution is -2.40. The van der Waals surface area contributed by atoms with E-state index in [2.05, 4.69) is 15.5 Å². The van der Waals surface area contributed by atoms with Crippen LogP contribution in [0.2, 0.25) is 5.02 Å². The molecule has 1 aromatic heterocycles. The van der Waals surface area contributed by atoms with E-state index in [0.717, 1.165) is 22.2 Å². The molecule has 1 N–H and O–H groups in total. The van der Waals surface area contributed by atoms with Crippen molar-refractivity contribution in [1.29, 1.82) is 0 Å². The normalized spacial score (nSPS) is 15.3. The van der Waals surface area contributed by atoms with Gasteiger partial charge >= 0.3 is 6.03 Å². The van der Waals surface area contributed by atoms with Crippen molar-refractivity contribution in [3.8, 4) is 17.1 Å². The van der Waals surface area contributed by atoms with Crippen molar-refractivity contribution >= 4 is 35.3 Å². The van der Waals surface area contributed by atoms with Gasteiger partial charge in [0.05, 0.1) is 0 Å². The standard InChI is InChI=1S/C23H24ClN5O2S/c1-15-5-7-16(8-6-15)19-26-27-22(29(19)18-11-9-17(24)10-12-18)32-14-4-13-28-20(30)23(2,3)25-21(28)31/h5-12H,4,13-14H2,1-3H3,(H,25,31). The van der Waals surface area contributed by atoms with E-state index in [-0.39, 0.29) is 11.9 Å². The largest absolute Gasteiger partial charge is 0.325 e. The van der Waals surface area contributed by atoms with E-state index in [1.54, 1.807) is 13.8 Å². The number of benzene rings is 2. The number of carbonyl (C=O) groups excluding carboxylic acids is 2. The van der Waals surface area contributed by atoms with Crippen molar-refractivity contribution in [2.45, 2.75) is 37.9 Å². The van der Waals surface area contributed by atoms with Crippen LogP contribution in [0.3, 0.4) is 0 Å². The molecule has 0 aliphatic carbocycles. The molecule has 4 rings (SSSR count). The summed E-state index contributed by atoms with van der Waals surface area (Å²) in [7, 11) is 0. The first kappa shape index (κ1) is 22.4. The molecule has 0 unspecified atom stereocenters. The molecule has 0 saturated carbocycles. The second-order valence-corrected chi connectivity index (χ2v) is 9.70. The van der Waals surface area contributed by atoms with Crippen LogP contribution in [-0.4, -0.2) is 49.4 Å². The van der Waals surface area contributed by atoms with Crippen molar-refractivity contribution in [2.75, 3.05) is 12.3 Å². The highest BCUT2D eigenvalue weighted by Gasteiger charge is 2.43. The van der Waals surface area contributed by atoms with Gasteiger partial charge in [0.1, 0.15) is 5.54 Å². The van der Waals surface area contributed by atoms with Crippen LogP contribution in [-0.2, 0) is 4.79 Å². The van der Waals surface area contributed by atoms with E-state index < -0.39 is 5.54 Å². The Morgan fingerprint density at radius 1 is 1.03 bits per heavy atom. The fraction of sp³-hybridized carbons (Fsp3) is 0.304. The number of hydrogen-bond acceptors (Lipinski definition) is 5. The fourth-order valence-electron chi connectivity index (χ4n) is 3.48. The maximum atomic E-state index is 12.4. The highest BCUT2D eigenvalue weighted by Crippen LogP contribution is 2.29. The molecule has 1 saturated heterocycles. The predicted molar refractivity (Wildman–Crippen MR) is 126 cm³/mol. The van der Waals surface area contributed by atoms with Crippen LogP contribution in [0.25, 0.3) is 17.1 Å².